The minimum absolute atomic E-state index is 0.0632. The molecule has 1 aromatic heterocycles. The molecule has 1 atom stereocenters. The average molecular weight is 386 g/mol. The van der Waals surface area contributed by atoms with Crippen molar-refractivity contribution < 1.29 is 18.3 Å². The fraction of sp³-hybridized carbons (Fsp3) is 0.500. The van der Waals surface area contributed by atoms with Gasteiger partial charge in [0.05, 0.1) is 19.0 Å². The van der Waals surface area contributed by atoms with E-state index in [1.807, 2.05) is 17.0 Å². The molecule has 28 heavy (non-hydrogen) atoms. The Labute approximate surface area is 165 Å². The van der Waals surface area contributed by atoms with Crippen LogP contribution < -0.4 is 0 Å². The number of carbonyl (C=O) groups excluding carboxylic acids is 1. The molecular formula is C22H27FN2O3. The van der Waals surface area contributed by atoms with Gasteiger partial charge in [-0.25, -0.2) is 4.39 Å². The van der Waals surface area contributed by atoms with Crippen molar-refractivity contribution in [2.24, 2.45) is 0 Å². The molecule has 0 bridgehead atoms. The number of morpholine rings is 1. The van der Waals surface area contributed by atoms with Crippen LogP contribution in [0.2, 0.25) is 0 Å². The minimum atomic E-state index is -0.175. The largest absolute Gasteiger partial charge is 0.459 e. The van der Waals surface area contributed by atoms with Crippen molar-refractivity contribution in [2.45, 2.75) is 44.4 Å². The van der Waals surface area contributed by atoms with Crippen molar-refractivity contribution in [3.8, 4) is 0 Å². The zero-order valence-corrected chi connectivity index (χ0v) is 16.1. The predicted molar refractivity (Wildman–Crippen MR) is 103 cm³/mol. The van der Waals surface area contributed by atoms with Crippen molar-refractivity contribution >= 4 is 5.91 Å². The van der Waals surface area contributed by atoms with E-state index in [2.05, 4.69) is 4.90 Å². The van der Waals surface area contributed by atoms with Gasteiger partial charge in [-0.15, -0.1) is 0 Å². The molecule has 6 heteroatoms. The summed E-state index contributed by atoms with van der Waals surface area (Å²) < 4.78 is 25.3. The second kappa shape index (κ2) is 8.88. The lowest BCUT2D eigenvalue weighted by Crippen LogP contribution is -2.50. The molecule has 0 spiro atoms. The summed E-state index contributed by atoms with van der Waals surface area (Å²) in [6.07, 6.45) is 5.80. The van der Waals surface area contributed by atoms with Crippen molar-refractivity contribution in [3.05, 3.63) is 59.8 Å². The Balaban J connectivity index is 1.42. The summed E-state index contributed by atoms with van der Waals surface area (Å²) in [5.74, 6) is 0.142. The number of carbonyl (C=O) groups is 1. The van der Waals surface area contributed by atoms with Crippen LogP contribution in [0.5, 0.6) is 0 Å². The van der Waals surface area contributed by atoms with Crippen LogP contribution in [0.15, 0.2) is 47.1 Å². The summed E-state index contributed by atoms with van der Waals surface area (Å²) in [7, 11) is 0. The molecule has 1 saturated carbocycles. The minimum Gasteiger partial charge on any atom is -0.459 e. The van der Waals surface area contributed by atoms with E-state index < -0.39 is 0 Å². The van der Waals surface area contributed by atoms with Gasteiger partial charge < -0.3 is 14.1 Å². The maximum Gasteiger partial charge on any atom is 0.289 e. The highest BCUT2D eigenvalue weighted by Crippen LogP contribution is 2.26. The van der Waals surface area contributed by atoms with E-state index >= 15 is 0 Å². The number of halogens is 1. The molecule has 0 N–H and O–H groups in total. The lowest BCUT2D eigenvalue weighted by Gasteiger charge is -2.37. The van der Waals surface area contributed by atoms with Crippen LogP contribution in [0.25, 0.3) is 0 Å². The van der Waals surface area contributed by atoms with Crippen LogP contribution in [-0.2, 0) is 11.3 Å². The first-order chi connectivity index (χ1) is 13.7. The van der Waals surface area contributed by atoms with Crippen LogP contribution in [0.3, 0.4) is 0 Å². The monoisotopic (exact) mass is 386 g/mol. The first-order valence-corrected chi connectivity index (χ1v) is 10.1. The van der Waals surface area contributed by atoms with Crippen molar-refractivity contribution in [1.29, 1.82) is 0 Å². The summed E-state index contributed by atoms with van der Waals surface area (Å²) in [5.41, 5.74) is 0.697. The van der Waals surface area contributed by atoms with Gasteiger partial charge in [0.2, 0.25) is 0 Å². The van der Waals surface area contributed by atoms with Gasteiger partial charge in [-0.1, -0.05) is 31.0 Å². The molecule has 2 fully saturated rings. The highest BCUT2D eigenvalue weighted by Gasteiger charge is 2.32. The van der Waals surface area contributed by atoms with E-state index in [1.165, 1.54) is 12.3 Å². The fourth-order valence-corrected chi connectivity index (χ4v) is 4.28. The SMILES string of the molecule is O=C(c1ccco1)N(CC1CN(Cc2ccccc2F)CCO1)C1CCCC1. The number of hydrogen-bond donors (Lipinski definition) is 0. The number of ether oxygens (including phenoxy) is 1. The quantitative estimate of drug-likeness (QED) is 0.759. The van der Waals surface area contributed by atoms with Gasteiger partial charge in [0.1, 0.15) is 5.82 Å². The van der Waals surface area contributed by atoms with E-state index in [4.69, 9.17) is 9.15 Å². The Hall–Kier alpha value is -2.18. The van der Waals surface area contributed by atoms with Crippen LogP contribution in [0.4, 0.5) is 4.39 Å². The summed E-state index contributed by atoms with van der Waals surface area (Å²) in [5, 5.41) is 0. The lowest BCUT2D eigenvalue weighted by atomic mass is 10.1. The maximum atomic E-state index is 14.0. The van der Waals surface area contributed by atoms with Gasteiger partial charge in [-0.05, 0) is 31.0 Å². The molecule has 1 saturated heterocycles. The highest BCUT2D eigenvalue weighted by atomic mass is 19.1. The Morgan fingerprint density at radius 1 is 1.18 bits per heavy atom. The molecule has 1 unspecified atom stereocenters. The van der Waals surface area contributed by atoms with Gasteiger partial charge in [0.15, 0.2) is 5.76 Å². The van der Waals surface area contributed by atoms with Crippen molar-refractivity contribution in [3.63, 3.8) is 0 Å². The topological polar surface area (TPSA) is 45.9 Å². The average Bonchev–Trinajstić information content (AvgIpc) is 3.42. The molecular weight excluding hydrogens is 359 g/mol. The third kappa shape index (κ3) is 4.45. The van der Waals surface area contributed by atoms with Gasteiger partial charge >= 0.3 is 0 Å². The molecule has 4 rings (SSSR count). The number of furan rings is 1. The molecule has 1 aromatic carbocycles. The second-order valence-corrected chi connectivity index (χ2v) is 7.69. The van der Waals surface area contributed by atoms with Gasteiger partial charge in [-0.3, -0.25) is 9.69 Å². The van der Waals surface area contributed by atoms with E-state index in [-0.39, 0.29) is 23.9 Å². The molecule has 1 amide bonds. The number of amides is 1. The highest BCUT2D eigenvalue weighted by molar-refractivity contribution is 5.91. The molecule has 2 aromatic rings. The van der Waals surface area contributed by atoms with Crippen molar-refractivity contribution in [1.82, 2.24) is 9.80 Å². The Kier molecular flexibility index (Phi) is 6.07. The van der Waals surface area contributed by atoms with E-state index in [0.717, 1.165) is 32.2 Å². The number of rotatable bonds is 6. The Morgan fingerprint density at radius 3 is 2.75 bits per heavy atom. The smallest absolute Gasteiger partial charge is 0.289 e. The first kappa shape index (κ1) is 19.2. The zero-order chi connectivity index (χ0) is 19.3. The Bertz CT molecular complexity index is 774. The predicted octanol–water partition coefficient (Wildman–Crippen LogP) is 3.70. The summed E-state index contributed by atoms with van der Waals surface area (Å²) in [4.78, 5) is 17.1. The van der Waals surface area contributed by atoms with Gasteiger partial charge in [0, 0.05) is 37.8 Å². The molecule has 5 nitrogen and oxygen atoms in total. The molecule has 2 heterocycles. The zero-order valence-electron chi connectivity index (χ0n) is 16.1. The maximum absolute atomic E-state index is 14.0. The van der Waals surface area contributed by atoms with Crippen LogP contribution in [0, 0.1) is 5.82 Å². The van der Waals surface area contributed by atoms with E-state index in [0.29, 0.717) is 37.6 Å². The van der Waals surface area contributed by atoms with Gasteiger partial charge in [-0.2, -0.15) is 0 Å². The molecule has 1 aliphatic carbocycles. The molecule has 0 radical (unpaired) electrons. The Morgan fingerprint density at radius 2 is 2.00 bits per heavy atom. The normalized spacial score (nSPS) is 21.1. The number of hydrogen-bond acceptors (Lipinski definition) is 4. The van der Waals surface area contributed by atoms with Gasteiger partial charge in [0.25, 0.3) is 5.91 Å². The van der Waals surface area contributed by atoms with E-state index in [9.17, 15) is 9.18 Å². The second-order valence-electron chi connectivity index (χ2n) is 7.69. The fourth-order valence-electron chi connectivity index (χ4n) is 4.28. The summed E-state index contributed by atoms with van der Waals surface area (Å²) in [6.45, 7) is 3.13. The standard InChI is InChI=1S/C22H27FN2O3/c23-20-9-4-1-6-17(20)14-24-11-13-27-19(15-24)16-25(18-7-2-3-8-18)22(26)21-10-5-12-28-21/h1,4-6,9-10,12,18-19H,2-3,7-8,11,13-16H2. The van der Waals surface area contributed by atoms with Crippen LogP contribution >= 0.6 is 0 Å². The number of nitrogens with zero attached hydrogens (tertiary/aromatic N) is 2. The first-order valence-electron chi connectivity index (χ1n) is 10.1. The molecule has 150 valence electrons. The summed E-state index contributed by atoms with van der Waals surface area (Å²) in [6, 6.07) is 10.6. The third-order valence-electron chi connectivity index (χ3n) is 5.73. The van der Waals surface area contributed by atoms with E-state index in [1.54, 1.807) is 18.2 Å². The summed E-state index contributed by atoms with van der Waals surface area (Å²) >= 11 is 0. The number of benzene rings is 1. The third-order valence-corrected chi connectivity index (χ3v) is 5.73. The van der Waals surface area contributed by atoms with Crippen LogP contribution in [0.1, 0.15) is 41.8 Å². The molecule has 2 aliphatic rings. The van der Waals surface area contributed by atoms with Crippen LogP contribution in [-0.4, -0.2) is 54.1 Å². The molecule has 1 aliphatic heterocycles. The lowest BCUT2D eigenvalue weighted by molar-refractivity contribution is -0.0473. The van der Waals surface area contributed by atoms with Crippen molar-refractivity contribution in [2.75, 3.05) is 26.2 Å².